The van der Waals surface area contributed by atoms with Crippen molar-refractivity contribution in [2.75, 3.05) is 31.6 Å². The molecule has 0 bridgehead atoms. The smallest absolute Gasteiger partial charge is 0.369 e. The number of amides is 1. The van der Waals surface area contributed by atoms with E-state index in [4.69, 9.17) is 0 Å². The molecule has 0 spiro atoms. The van der Waals surface area contributed by atoms with E-state index < -0.39 is 5.76 Å². The fourth-order valence-electron chi connectivity index (χ4n) is 3.12. The molecule has 26 heavy (non-hydrogen) atoms. The van der Waals surface area contributed by atoms with Gasteiger partial charge in [0.1, 0.15) is 0 Å². The number of aromatic nitrogens is 2. The van der Waals surface area contributed by atoms with Crippen LogP contribution in [0, 0.1) is 0 Å². The van der Waals surface area contributed by atoms with Crippen LogP contribution in [0.2, 0.25) is 0 Å². The summed E-state index contributed by atoms with van der Waals surface area (Å²) in [5.74, 6) is -0.306. The lowest BCUT2D eigenvalue weighted by molar-refractivity contribution is 0.0803. The fraction of sp³-hybridized carbons (Fsp3) is 0.278. The Labute approximate surface area is 153 Å². The van der Waals surface area contributed by atoms with Gasteiger partial charge in [-0.05, 0) is 30.2 Å². The lowest BCUT2D eigenvalue weighted by Gasteiger charge is -2.23. The first-order valence-electron chi connectivity index (χ1n) is 8.36. The molecule has 3 aromatic rings. The summed E-state index contributed by atoms with van der Waals surface area (Å²) in [5, 5.41) is 3.65. The van der Waals surface area contributed by atoms with E-state index in [0.29, 0.717) is 22.1 Å². The highest BCUT2D eigenvalue weighted by molar-refractivity contribution is 7.17. The third-order valence-electron chi connectivity index (χ3n) is 4.53. The molecular weight excluding hydrogens is 352 g/mol. The molecule has 0 saturated carbocycles. The summed E-state index contributed by atoms with van der Waals surface area (Å²) in [6.45, 7) is 2.43. The second-order valence-electron chi connectivity index (χ2n) is 6.20. The van der Waals surface area contributed by atoms with Gasteiger partial charge in [-0.3, -0.25) is 14.3 Å². The van der Waals surface area contributed by atoms with Crippen LogP contribution in [0.5, 0.6) is 0 Å². The van der Waals surface area contributed by atoms with Crippen LogP contribution < -0.4 is 10.7 Å². The number of hydrogen-bond acceptors (Lipinski definition) is 6. The molecule has 1 aliphatic heterocycles. The molecule has 2 aromatic heterocycles. The van der Waals surface area contributed by atoms with Crippen LogP contribution in [0.3, 0.4) is 0 Å². The topological polar surface area (TPSA) is 82.4 Å². The molecule has 0 unspecified atom stereocenters. The number of fused-ring (bicyclic) bond motifs is 1. The highest BCUT2D eigenvalue weighted by Crippen LogP contribution is 2.28. The number of hydrogen-bond donors (Lipinski definition) is 1. The number of nitrogens with zero attached hydrogens (tertiary/aromatic N) is 3. The number of likely N-dealkylation sites (N-methyl/N-ethyl adjacent to an activating group) is 1. The molecule has 7 nitrogen and oxygen atoms in total. The van der Waals surface area contributed by atoms with Crippen LogP contribution in [0.15, 0.2) is 45.7 Å². The first-order valence-corrected chi connectivity index (χ1v) is 9.18. The zero-order chi connectivity index (χ0) is 18.1. The Kier molecular flexibility index (Phi) is 4.34. The van der Waals surface area contributed by atoms with Crippen molar-refractivity contribution in [1.82, 2.24) is 15.0 Å². The molecule has 4 rings (SSSR count). The van der Waals surface area contributed by atoms with Crippen molar-refractivity contribution < 1.29 is 9.32 Å². The predicted molar refractivity (Wildman–Crippen MR) is 99.8 cm³/mol. The summed E-state index contributed by atoms with van der Waals surface area (Å²) in [7, 11) is 1.81. The van der Waals surface area contributed by atoms with Gasteiger partial charge in [0.2, 0.25) is 0 Å². The minimum absolute atomic E-state index is 0.0421. The van der Waals surface area contributed by atoms with Crippen LogP contribution in [-0.2, 0) is 6.42 Å². The second-order valence-corrected chi connectivity index (χ2v) is 7.28. The third-order valence-corrected chi connectivity index (χ3v) is 5.61. The number of rotatable bonds is 5. The average Bonchev–Trinajstić information content (AvgIpc) is 3.38. The van der Waals surface area contributed by atoms with E-state index in [9.17, 15) is 9.59 Å². The molecule has 0 radical (unpaired) electrons. The normalized spacial score (nSPS) is 13.0. The van der Waals surface area contributed by atoms with Crippen LogP contribution >= 0.6 is 11.3 Å². The van der Waals surface area contributed by atoms with Gasteiger partial charge in [0.05, 0.1) is 9.75 Å². The number of para-hydroxylation sites is 1. The summed E-state index contributed by atoms with van der Waals surface area (Å²) < 4.78 is 4.51. The van der Waals surface area contributed by atoms with Gasteiger partial charge in [-0.1, -0.05) is 23.4 Å². The maximum Gasteiger partial charge on any atom is 0.439 e. The molecule has 134 valence electrons. The number of aromatic amines is 1. The lowest BCUT2D eigenvalue weighted by atomic mass is 10.2. The third kappa shape index (κ3) is 3.15. The van der Waals surface area contributed by atoms with Crippen molar-refractivity contribution in [1.29, 1.82) is 0 Å². The van der Waals surface area contributed by atoms with Gasteiger partial charge in [0.25, 0.3) is 5.91 Å². The van der Waals surface area contributed by atoms with Gasteiger partial charge in [0.15, 0.2) is 5.82 Å². The number of anilines is 1. The van der Waals surface area contributed by atoms with Crippen LogP contribution in [0.1, 0.15) is 15.2 Å². The number of thiophene rings is 1. The molecule has 1 aromatic carbocycles. The number of carbonyl (C=O) groups excluding carboxylic acids is 1. The van der Waals surface area contributed by atoms with Crippen LogP contribution in [0.4, 0.5) is 5.69 Å². The van der Waals surface area contributed by atoms with E-state index in [0.717, 1.165) is 19.5 Å². The zero-order valence-corrected chi connectivity index (χ0v) is 15.1. The molecule has 0 atom stereocenters. The molecule has 1 aliphatic rings. The Hall–Kier alpha value is -2.87. The van der Waals surface area contributed by atoms with Crippen molar-refractivity contribution in [2.45, 2.75) is 6.42 Å². The standard InChI is InChI=1S/C18H18N4O3S/c1-21(10-11-22-9-8-12-4-2-3-5-13(12)22)17(23)15-7-6-14(26-15)16-19-18(24)25-20-16/h2-7H,8-11H2,1H3,(H,19,20,24). The van der Waals surface area contributed by atoms with E-state index in [2.05, 4.69) is 37.8 Å². The van der Waals surface area contributed by atoms with Crippen molar-refractivity contribution in [3.05, 3.63) is 57.4 Å². The van der Waals surface area contributed by atoms with E-state index in [1.54, 1.807) is 17.0 Å². The largest absolute Gasteiger partial charge is 0.439 e. The number of H-pyrrole nitrogens is 1. The molecule has 3 heterocycles. The lowest BCUT2D eigenvalue weighted by Crippen LogP contribution is -2.35. The first kappa shape index (κ1) is 16.6. The Bertz CT molecular complexity index is 990. The van der Waals surface area contributed by atoms with Crippen molar-refractivity contribution in [3.8, 4) is 10.7 Å². The molecule has 1 amide bonds. The van der Waals surface area contributed by atoms with Gasteiger partial charge >= 0.3 is 5.76 Å². The van der Waals surface area contributed by atoms with Gasteiger partial charge in [-0.15, -0.1) is 11.3 Å². The monoisotopic (exact) mass is 370 g/mol. The molecule has 8 heteroatoms. The Morgan fingerprint density at radius 3 is 3.00 bits per heavy atom. The average molecular weight is 370 g/mol. The van der Waals surface area contributed by atoms with Gasteiger partial charge in [-0.25, -0.2) is 4.79 Å². The maximum absolute atomic E-state index is 12.6. The van der Waals surface area contributed by atoms with Crippen LogP contribution in [-0.4, -0.2) is 47.6 Å². The minimum atomic E-state index is -0.607. The fourth-order valence-corrected chi connectivity index (χ4v) is 4.05. The molecule has 0 aliphatic carbocycles. The van der Waals surface area contributed by atoms with E-state index >= 15 is 0 Å². The van der Waals surface area contributed by atoms with Gasteiger partial charge in [-0.2, -0.15) is 0 Å². The van der Waals surface area contributed by atoms with Crippen LogP contribution in [0.25, 0.3) is 10.7 Å². The highest BCUT2D eigenvalue weighted by Gasteiger charge is 2.20. The SMILES string of the molecule is CN(CCN1CCc2ccccc21)C(=O)c1ccc(-c2noc(=O)[nH]2)s1. The molecular formula is C18H18N4O3S. The highest BCUT2D eigenvalue weighted by atomic mass is 32.1. The second kappa shape index (κ2) is 6.80. The maximum atomic E-state index is 12.6. The number of nitrogens with one attached hydrogen (secondary N) is 1. The van der Waals surface area contributed by atoms with Gasteiger partial charge < -0.3 is 9.80 Å². The molecule has 0 fully saturated rings. The van der Waals surface area contributed by atoms with Crippen molar-refractivity contribution in [2.24, 2.45) is 0 Å². The summed E-state index contributed by atoms with van der Waals surface area (Å²) in [5.41, 5.74) is 2.63. The quantitative estimate of drug-likeness (QED) is 0.745. The zero-order valence-electron chi connectivity index (χ0n) is 14.3. The summed E-state index contributed by atoms with van der Waals surface area (Å²) in [6.07, 6.45) is 1.05. The summed E-state index contributed by atoms with van der Waals surface area (Å²) >= 11 is 1.28. The van der Waals surface area contributed by atoms with E-state index in [1.807, 2.05) is 13.1 Å². The minimum Gasteiger partial charge on any atom is -0.369 e. The van der Waals surface area contributed by atoms with Crippen molar-refractivity contribution >= 4 is 22.9 Å². The summed E-state index contributed by atoms with van der Waals surface area (Å²) in [6, 6.07) is 11.9. The summed E-state index contributed by atoms with van der Waals surface area (Å²) in [4.78, 5) is 31.5. The van der Waals surface area contributed by atoms with Gasteiger partial charge in [0, 0.05) is 32.4 Å². The van der Waals surface area contributed by atoms with Crippen molar-refractivity contribution in [3.63, 3.8) is 0 Å². The number of benzene rings is 1. The molecule has 1 N–H and O–H groups in total. The number of carbonyl (C=O) groups is 1. The Morgan fingerprint density at radius 2 is 2.19 bits per heavy atom. The van der Waals surface area contributed by atoms with E-state index in [1.165, 1.54) is 22.6 Å². The predicted octanol–water partition coefficient (Wildman–Crippen LogP) is 2.23. The Morgan fingerprint density at radius 1 is 1.35 bits per heavy atom. The molecule has 0 saturated heterocycles. The Balaban J connectivity index is 1.39. The van der Waals surface area contributed by atoms with E-state index in [-0.39, 0.29) is 5.91 Å². The first-order chi connectivity index (χ1) is 12.6.